The highest BCUT2D eigenvalue weighted by Crippen LogP contribution is 2.26. The Bertz CT molecular complexity index is 1980. The van der Waals surface area contributed by atoms with Crippen LogP contribution in [0.2, 0.25) is 5.02 Å². The number of nitrogens with one attached hydrogen (secondary N) is 3. The first kappa shape index (κ1) is 30.2. The van der Waals surface area contributed by atoms with E-state index in [9.17, 15) is 22.8 Å². The first-order valence-corrected chi connectivity index (χ1v) is 15.3. The van der Waals surface area contributed by atoms with Crippen molar-refractivity contribution in [2.75, 3.05) is 15.4 Å². The molecule has 0 unspecified atom stereocenters. The molecule has 3 N–H and O–H groups in total. The van der Waals surface area contributed by atoms with E-state index in [1.165, 1.54) is 42.5 Å². The van der Waals surface area contributed by atoms with Crippen molar-refractivity contribution in [3.05, 3.63) is 154 Å². The van der Waals surface area contributed by atoms with Crippen LogP contribution in [0.5, 0.6) is 0 Å². The molecular weight excluding hydrogens is 598 g/mol. The summed E-state index contributed by atoms with van der Waals surface area (Å²) in [6.07, 6.45) is 0. The number of anilines is 3. The van der Waals surface area contributed by atoms with E-state index in [0.717, 1.165) is 5.56 Å². The van der Waals surface area contributed by atoms with Crippen LogP contribution in [0, 0.1) is 6.92 Å². The van der Waals surface area contributed by atoms with Gasteiger partial charge in [-0.05, 0) is 67.6 Å². The quantitative estimate of drug-likeness (QED) is 0.150. The molecule has 0 atom stereocenters. The minimum atomic E-state index is -4.03. The largest absolute Gasteiger partial charge is 0.321 e. The molecule has 5 rings (SSSR count). The Kier molecular flexibility index (Phi) is 8.89. The number of hydrogen-bond acceptors (Lipinski definition) is 5. The van der Waals surface area contributed by atoms with E-state index >= 15 is 0 Å². The van der Waals surface area contributed by atoms with Crippen molar-refractivity contribution in [3.8, 4) is 0 Å². The van der Waals surface area contributed by atoms with E-state index in [0.29, 0.717) is 21.8 Å². The summed E-state index contributed by atoms with van der Waals surface area (Å²) in [5, 5.41) is 5.91. The zero-order valence-electron chi connectivity index (χ0n) is 23.4. The summed E-state index contributed by atoms with van der Waals surface area (Å²) in [5.74, 6) is -1.44. The second-order valence-corrected chi connectivity index (χ2v) is 11.9. The van der Waals surface area contributed by atoms with Gasteiger partial charge in [-0.3, -0.25) is 19.1 Å². The number of aryl methyl sites for hydroxylation is 1. The van der Waals surface area contributed by atoms with Crippen molar-refractivity contribution in [1.82, 2.24) is 0 Å². The summed E-state index contributed by atoms with van der Waals surface area (Å²) in [5.41, 5.74) is 2.38. The topological polar surface area (TPSA) is 121 Å². The highest BCUT2D eigenvalue weighted by atomic mass is 35.5. The van der Waals surface area contributed by atoms with Crippen molar-refractivity contribution >= 4 is 56.3 Å². The standard InChI is InChI=1S/C34H26ClN3O5S/c1-22-15-20-30(28(21-22)32(39)23-9-3-2-4-10-23)37-33(40)26-11-5-7-13-29(26)36-34(41)27-12-6-8-14-31(27)38-44(42,43)25-18-16-24(35)17-19-25/h2-21,38H,1H3,(H,36,41)(H,37,40). The number of rotatable bonds is 9. The molecule has 0 fully saturated rings. The second-order valence-electron chi connectivity index (χ2n) is 9.80. The number of halogens is 1. The molecule has 0 aliphatic carbocycles. The van der Waals surface area contributed by atoms with Crippen molar-refractivity contribution in [2.45, 2.75) is 11.8 Å². The molecule has 0 spiro atoms. The lowest BCUT2D eigenvalue weighted by molar-refractivity contribution is 0.102. The first-order valence-electron chi connectivity index (χ1n) is 13.4. The summed E-state index contributed by atoms with van der Waals surface area (Å²) in [6, 6.07) is 32.0. The maximum atomic E-state index is 13.5. The summed E-state index contributed by atoms with van der Waals surface area (Å²) in [4.78, 5) is 40.2. The van der Waals surface area contributed by atoms with Crippen molar-refractivity contribution in [1.29, 1.82) is 0 Å². The van der Waals surface area contributed by atoms with E-state index in [1.807, 2.05) is 13.0 Å². The Morgan fingerprint density at radius 3 is 1.75 bits per heavy atom. The van der Waals surface area contributed by atoms with Crippen LogP contribution in [-0.4, -0.2) is 26.0 Å². The average molecular weight is 624 g/mol. The van der Waals surface area contributed by atoms with Crippen LogP contribution in [0.15, 0.2) is 126 Å². The molecule has 0 heterocycles. The Morgan fingerprint density at radius 1 is 0.591 bits per heavy atom. The van der Waals surface area contributed by atoms with Crippen LogP contribution in [0.4, 0.5) is 17.1 Å². The highest BCUT2D eigenvalue weighted by molar-refractivity contribution is 7.92. The summed E-state index contributed by atoms with van der Waals surface area (Å²) in [7, 11) is -4.03. The number of benzene rings is 5. The van der Waals surface area contributed by atoms with Crippen LogP contribution in [0.3, 0.4) is 0 Å². The summed E-state index contributed by atoms with van der Waals surface area (Å²) < 4.78 is 28.4. The summed E-state index contributed by atoms with van der Waals surface area (Å²) in [6.45, 7) is 1.85. The molecule has 0 aromatic heterocycles. The Balaban J connectivity index is 1.39. The van der Waals surface area contributed by atoms with Gasteiger partial charge in [0.05, 0.1) is 33.1 Å². The van der Waals surface area contributed by atoms with E-state index < -0.39 is 21.8 Å². The molecule has 44 heavy (non-hydrogen) atoms. The maximum absolute atomic E-state index is 13.5. The van der Waals surface area contributed by atoms with Gasteiger partial charge < -0.3 is 10.6 Å². The zero-order chi connectivity index (χ0) is 31.3. The SMILES string of the molecule is Cc1ccc(NC(=O)c2ccccc2NC(=O)c2ccccc2NS(=O)(=O)c2ccc(Cl)cc2)c(C(=O)c2ccccc2)c1. The first-order chi connectivity index (χ1) is 21.1. The van der Waals surface area contributed by atoms with Gasteiger partial charge in [0.1, 0.15) is 0 Å². The third-order valence-electron chi connectivity index (χ3n) is 6.66. The van der Waals surface area contributed by atoms with Gasteiger partial charge in [0.15, 0.2) is 5.78 Å². The molecule has 0 aliphatic rings. The van der Waals surface area contributed by atoms with Gasteiger partial charge in [0.2, 0.25) is 0 Å². The number of carbonyl (C=O) groups excluding carboxylic acids is 3. The molecule has 10 heteroatoms. The smallest absolute Gasteiger partial charge is 0.261 e. The fourth-order valence-corrected chi connectivity index (χ4v) is 5.66. The minimum Gasteiger partial charge on any atom is -0.321 e. The number of hydrogen-bond donors (Lipinski definition) is 3. The summed E-state index contributed by atoms with van der Waals surface area (Å²) >= 11 is 5.89. The lowest BCUT2D eigenvalue weighted by Crippen LogP contribution is -2.21. The Labute approximate surface area is 259 Å². The second kappa shape index (κ2) is 12.9. The maximum Gasteiger partial charge on any atom is 0.261 e. The number of sulfonamides is 1. The van der Waals surface area contributed by atoms with Gasteiger partial charge in [0.25, 0.3) is 21.8 Å². The number of para-hydroxylation sites is 2. The van der Waals surface area contributed by atoms with Crippen molar-refractivity contribution in [2.24, 2.45) is 0 Å². The van der Waals surface area contributed by atoms with Gasteiger partial charge in [-0.25, -0.2) is 8.42 Å². The average Bonchev–Trinajstić information content (AvgIpc) is 3.02. The fourth-order valence-electron chi connectivity index (χ4n) is 4.46. The van der Waals surface area contributed by atoms with Gasteiger partial charge in [-0.2, -0.15) is 0 Å². The minimum absolute atomic E-state index is 0.0275. The highest BCUT2D eigenvalue weighted by Gasteiger charge is 2.22. The molecular formula is C34H26ClN3O5S. The van der Waals surface area contributed by atoms with E-state index in [2.05, 4.69) is 15.4 Å². The predicted molar refractivity (Wildman–Crippen MR) is 172 cm³/mol. The van der Waals surface area contributed by atoms with Crippen LogP contribution in [-0.2, 0) is 10.0 Å². The Hall–Kier alpha value is -5.25. The molecule has 5 aromatic carbocycles. The van der Waals surface area contributed by atoms with Crippen LogP contribution in [0.25, 0.3) is 0 Å². The molecule has 8 nitrogen and oxygen atoms in total. The lowest BCUT2D eigenvalue weighted by Gasteiger charge is -2.16. The van der Waals surface area contributed by atoms with Crippen molar-refractivity contribution in [3.63, 3.8) is 0 Å². The molecule has 0 bridgehead atoms. The number of carbonyl (C=O) groups is 3. The third-order valence-corrected chi connectivity index (χ3v) is 8.30. The van der Waals surface area contributed by atoms with E-state index in [4.69, 9.17) is 11.6 Å². The fraction of sp³-hybridized carbons (Fsp3) is 0.0294. The monoisotopic (exact) mass is 623 g/mol. The van der Waals surface area contributed by atoms with Crippen LogP contribution < -0.4 is 15.4 Å². The number of amides is 2. The molecule has 0 radical (unpaired) electrons. The molecule has 0 aliphatic heterocycles. The normalized spacial score (nSPS) is 11.0. The van der Waals surface area contributed by atoms with Crippen molar-refractivity contribution < 1.29 is 22.8 Å². The molecule has 0 saturated carbocycles. The van der Waals surface area contributed by atoms with Gasteiger partial charge in [-0.15, -0.1) is 0 Å². The van der Waals surface area contributed by atoms with Crippen LogP contribution in [0.1, 0.15) is 42.2 Å². The molecule has 5 aromatic rings. The Morgan fingerprint density at radius 2 is 1.11 bits per heavy atom. The number of ketones is 1. The van der Waals surface area contributed by atoms with E-state index in [-0.39, 0.29) is 33.2 Å². The third kappa shape index (κ3) is 6.86. The lowest BCUT2D eigenvalue weighted by atomic mass is 9.99. The predicted octanol–water partition coefficient (Wildman–Crippen LogP) is 7.18. The molecule has 220 valence electrons. The van der Waals surface area contributed by atoms with E-state index in [1.54, 1.807) is 72.8 Å². The van der Waals surface area contributed by atoms with Gasteiger partial charge in [0, 0.05) is 16.1 Å². The molecule has 2 amide bonds. The zero-order valence-corrected chi connectivity index (χ0v) is 24.9. The van der Waals surface area contributed by atoms with Gasteiger partial charge >= 0.3 is 0 Å². The molecule has 0 saturated heterocycles. The van der Waals surface area contributed by atoms with Gasteiger partial charge in [-0.1, -0.05) is 77.8 Å². The van der Waals surface area contributed by atoms with Crippen LogP contribution >= 0.6 is 11.6 Å².